The Morgan fingerprint density at radius 3 is 2.80 bits per heavy atom. The second kappa shape index (κ2) is 5.14. The average molecular weight is 210 g/mol. The predicted molar refractivity (Wildman–Crippen MR) is 56.3 cm³/mol. The molecule has 0 aliphatic heterocycles. The summed E-state index contributed by atoms with van der Waals surface area (Å²) in [6.45, 7) is 2.29. The third kappa shape index (κ3) is 3.41. The molecule has 0 radical (unpaired) electrons. The molecule has 1 rings (SSSR count). The molecule has 15 heavy (non-hydrogen) atoms. The second-order valence-corrected chi connectivity index (χ2v) is 2.98. The highest BCUT2D eigenvalue weighted by Gasteiger charge is 2.09. The van der Waals surface area contributed by atoms with Gasteiger partial charge in [0.2, 0.25) is 0 Å². The second-order valence-electron chi connectivity index (χ2n) is 2.98. The summed E-state index contributed by atoms with van der Waals surface area (Å²) in [4.78, 5) is 12.8. The Morgan fingerprint density at radius 2 is 2.27 bits per heavy atom. The summed E-state index contributed by atoms with van der Waals surface area (Å²) in [7, 11) is 1.73. The molecule has 1 aromatic rings. The van der Waals surface area contributed by atoms with Crippen molar-refractivity contribution in [1.82, 2.24) is 10.2 Å². The maximum absolute atomic E-state index is 11.2. The van der Waals surface area contributed by atoms with Gasteiger partial charge in [0.05, 0.1) is 6.61 Å². The molecule has 0 saturated heterocycles. The van der Waals surface area contributed by atoms with Gasteiger partial charge in [-0.1, -0.05) is 0 Å². The minimum Gasteiger partial charge on any atom is -0.465 e. The van der Waals surface area contributed by atoms with Gasteiger partial charge in [-0.15, -0.1) is 10.2 Å². The summed E-state index contributed by atoms with van der Waals surface area (Å²) >= 11 is 0. The lowest BCUT2D eigenvalue weighted by Gasteiger charge is -2.15. The molecule has 1 aromatic heterocycles. The fourth-order valence-electron chi connectivity index (χ4n) is 1.02. The smallest absolute Gasteiger partial charge is 0.325 e. The number of esters is 1. The van der Waals surface area contributed by atoms with E-state index in [0.29, 0.717) is 18.2 Å². The molecular weight excluding hydrogens is 196 g/mol. The first kappa shape index (κ1) is 11.2. The Kier molecular flexibility index (Phi) is 3.84. The lowest BCUT2D eigenvalue weighted by Crippen LogP contribution is -2.28. The molecule has 0 bridgehead atoms. The van der Waals surface area contributed by atoms with Crippen LogP contribution >= 0.6 is 0 Å². The van der Waals surface area contributed by atoms with Crippen molar-refractivity contribution in [1.29, 1.82) is 0 Å². The van der Waals surface area contributed by atoms with E-state index in [9.17, 15) is 4.79 Å². The molecule has 0 saturated carbocycles. The zero-order valence-corrected chi connectivity index (χ0v) is 8.80. The van der Waals surface area contributed by atoms with Crippen molar-refractivity contribution < 1.29 is 9.53 Å². The van der Waals surface area contributed by atoms with Crippen molar-refractivity contribution >= 4 is 17.6 Å². The molecule has 0 spiro atoms. The van der Waals surface area contributed by atoms with Gasteiger partial charge in [0.1, 0.15) is 12.4 Å². The molecular formula is C9H14N4O2. The molecule has 6 heteroatoms. The average Bonchev–Trinajstić information content (AvgIpc) is 2.18. The number of anilines is 2. The Hall–Kier alpha value is -1.85. The fraction of sp³-hybridized carbons (Fsp3) is 0.444. The van der Waals surface area contributed by atoms with E-state index in [1.54, 1.807) is 31.0 Å². The van der Waals surface area contributed by atoms with Crippen molar-refractivity contribution in [2.24, 2.45) is 0 Å². The standard InChI is InChI=1S/C9H14N4O2/c1-3-15-9(14)6-13(2)8-5-4-7(10)11-12-8/h4-5H,3,6H2,1-2H3,(H2,10,11). The number of nitrogen functional groups attached to an aromatic ring is 1. The molecule has 0 aliphatic rings. The third-order valence-corrected chi connectivity index (χ3v) is 1.73. The number of ether oxygens (including phenoxy) is 1. The lowest BCUT2D eigenvalue weighted by atomic mass is 10.4. The summed E-state index contributed by atoms with van der Waals surface area (Å²) in [6, 6.07) is 3.32. The lowest BCUT2D eigenvalue weighted by molar-refractivity contribution is -0.141. The van der Waals surface area contributed by atoms with E-state index in [4.69, 9.17) is 10.5 Å². The van der Waals surface area contributed by atoms with Gasteiger partial charge >= 0.3 is 5.97 Å². The number of hydrogen-bond acceptors (Lipinski definition) is 6. The third-order valence-electron chi connectivity index (χ3n) is 1.73. The van der Waals surface area contributed by atoms with Crippen molar-refractivity contribution in [2.75, 3.05) is 30.8 Å². The van der Waals surface area contributed by atoms with Crippen molar-refractivity contribution in [3.05, 3.63) is 12.1 Å². The number of hydrogen-bond donors (Lipinski definition) is 1. The van der Waals surface area contributed by atoms with Crippen LogP contribution in [0.15, 0.2) is 12.1 Å². The van der Waals surface area contributed by atoms with Gasteiger partial charge in [0.15, 0.2) is 5.82 Å². The van der Waals surface area contributed by atoms with Crippen LogP contribution in [-0.4, -0.2) is 36.4 Å². The van der Waals surface area contributed by atoms with Gasteiger partial charge in [0.25, 0.3) is 0 Å². The van der Waals surface area contributed by atoms with Crippen LogP contribution in [0.4, 0.5) is 11.6 Å². The van der Waals surface area contributed by atoms with Gasteiger partial charge in [0, 0.05) is 7.05 Å². The molecule has 0 atom stereocenters. The fourth-order valence-corrected chi connectivity index (χ4v) is 1.02. The first-order chi connectivity index (χ1) is 7.13. The van der Waals surface area contributed by atoms with Crippen LogP contribution in [0, 0.1) is 0 Å². The van der Waals surface area contributed by atoms with Crippen LogP contribution in [0.2, 0.25) is 0 Å². The van der Waals surface area contributed by atoms with E-state index in [-0.39, 0.29) is 12.5 Å². The van der Waals surface area contributed by atoms with Crippen LogP contribution in [0.25, 0.3) is 0 Å². The van der Waals surface area contributed by atoms with Gasteiger partial charge in [-0.2, -0.15) is 0 Å². The number of carbonyl (C=O) groups is 1. The molecule has 0 unspecified atom stereocenters. The number of aromatic nitrogens is 2. The normalized spacial score (nSPS) is 9.73. The first-order valence-corrected chi connectivity index (χ1v) is 4.59. The highest BCUT2D eigenvalue weighted by Crippen LogP contribution is 2.07. The van der Waals surface area contributed by atoms with E-state index < -0.39 is 0 Å². The molecule has 0 aromatic carbocycles. The Balaban J connectivity index is 2.57. The van der Waals surface area contributed by atoms with Crippen LogP contribution < -0.4 is 10.6 Å². The summed E-state index contributed by atoms with van der Waals surface area (Å²) in [5.74, 6) is 0.638. The number of likely N-dealkylation sites (N-methyl/N-ethyl adjacent to an activating group) is 1. The monoisotopic (exact) mass is 210 g/mol. The minimum absolute atomic E-state index is 0.145. The van der Waals surface area contributed by atoms with Crippen LogP contribution in [0.5, 0.6) is 0 Å². The molecule has 82 valence electrons. The minimum atomic E-state index is -0.293. The molecule has 1 heterocycles. The Morgan fingerprint density at radius 1 is 1.53 bits per heavy atom. The maximum Gasteiger partial charge on any atom is 0.325 e. The quantitative estimate of drug-likeness (QED) is 0.707. The summed E-state index contributed by atoms with van der Waals surface area (Å²) in [5, 5.41) is 7.52. The highest BCUT2D eigenvalue weighted by molar-refractivity contribution is 5.75. The molecule has 0 amide bonds. The van der Waals surface area contributed by atoms with Crippen LogP contribution in [-0.2, 0) is 9.53 Å². The van der Waals surface area contributed by atoms with Crippen molar-refractivity contribution in [3.63, 3.8) is 0 Å². The van der Waals surface area contributed by atoms with Gasteiger partial charge < -0.3 is 15.4 Å². The van der Waals surface area contributed by atoms with E-state index in [1.807, 2.05) is 0 Å². The Labute approximate surface area is 88.0 Å². The van der Waals surface area contributed by atoms with E-state index >= 15 is 0 Å². The van der Waals surface area contributed by atoms with Crippen LogP contribution in [0.3, 0.4) is 0 Å². The maximum atomic E-state index is 11.2. The highest BCUT2D eigenvalue weighted by atomic mass is 16.5. The summed E-state index contributed by atoms with van der Waals surface area (Å²) in [6.07, 6.45) is 0. The van der Waals surface area contributed by atoms with E-state index in [2.05, 4.69) is 10.2 Å². The Bertz CT molecular complexity index is 325. The molecule has 6 nitrogen and oxygen atoms in total. The van der Waals surface area contributed by atoms with Crippen molar-refractivity contribution in [2.45, 2.75) is 6.92 Å². The summed E-state index contributed by atoms with van der Waals surface area (Å²) < 4.78 is 4.80. The van der Waals surface area contributed by atoms with Gasteiger partial charge in [-0.3, -0.25) is 4.79 Å². The molecule has 0 fully saturated rings. The van der Waals surface area contributed by atoms with Crippen LogP contribution in [0.1, 0.15) is 6.92 Å². The summed E-state index contributed by atoms with van der Waals surface area (Å²) in [5.41, 5.74) is 5.39. The SMILES string of the molecule is CCOC(=O)CN(C)c1ccc(N)nn1. The number of nitrogens with zero attached hydrogens (tertiary/aromatic N) is 3. The predicted octanol–water partition coefficient (Wildman–Crippen LogP) is 0.0581. The van der Waals surface area contributed by atoms with Crippen molar-refractivity contribution in [3.8, 4) is 0 Å². The topological polar surface area (TPSA) is 81.3 Å². The zero-order valence-electron chi connectivity index (χ0n) is 8.80. The largest absolute Gasteiger partial charge is 0.465 e. The molecule has 2 N–H and O–H groups in total. The first-order valence-electron chi connectivity index (χ1n) is 4.59. The zero-order chi connectivity index (χ0) is 11.3. The number of nitrogens with two attached hydrogens (primary N) is 1. The number of rotatable bonds is 4. The molecule has 0 aliphatic carbocycles. The van der Waals surface area contributed by atoms with E-state index in [1.165, 1.54) is 0 Å². The van der Waals surface area contributed by atoms with E-state index in [0.717, 1.165) is 0 Å². The van der Waals surface area contributed by atoms with Gasteiger partial charge in [-0.25, -0.2) is 0 Å². The number of carbonyl (C=O) groups excluding carboxylic acids is 1. The van der Waals surface area contributed by atoms with Gasteiger partial charge in [-0.05, 0) is 19.1 Å².